The summed E-state index contributed by atoms with van der Waals surface area (Å²) in [6.45, 7) is 6.28. The second-order valence-corrected chi connectivity index (χ2v) is 9.49. The standard InChI is InChI=1S/C17H27N5O2S/c1-14-6-7-18-17(19-14)20-10-15-12-22(13-16(15)11-20)25(23,24)21-8-4-2-3-5-9-21/h6-7,15-16H,2-5,8-13H2,1H3. The number of nitrogens with zero attached hydrogens (tertiary/aromatic N) is 5. The Labute approximate surface area is 150 Å². The molecule has 0 aliphatic carbocycles. The second kappa shape index (κ2) is 6.81. The molecule has 1 aromatic heterocycles. The monoisotopic (exact) mass is 365 g/mol. The molecule has 0 N–H and O–H groups in total. The van der Waals surface area contributed by atoms with Gasteiger partial charge in [0.25, 0.3) is 10.2 Å². The zero-order valence-electron chi connectivity index (χ0n) is 14.8. The Bertz CT molecular complexity index is 704. The van der Waals surface area contributed by atoms with Gasteiger partial charge in [-0.1, -0.05) is 12.8 Å². The second-order valence-electron chi connectivity index (χ2n) is 7.56. The molecule has 0 saturated carbocycles. The zero-order valence-corrected chi connectivity index (χ0v) is 15.7. The summed E-state index contributed by atoms with van der Waals surface area (Å²) >= 11 is 0. The van der Waals surface area contributed by atoms with E-state index >= 15 is 0 Å². The van der Waals surface area contributed by atoms with Crippen molar-refractivity contribution in [3.05, 3.63) is 18.0 Å². The summed E-state index contributed by atoms with van der Waals surface area (Å²) in [6, 6.07) is 1.90. The molecule has 3 aliphatic rings. The van der Waals surface area contributed by atoms with Crippen LogP contribution < -0.4 is 4.90 Å². The van der Waals surface area contributed by atoms with E-state index in [0.717, 1.165) is 50.4 Å². The van der Waals surface area contributed by atoms with E-state index < -0.39 is 10.2 Å². The minimum atomic E-state index is -3.30. The molecule has 0 amide bonds. The van der Waals surface area contributed by atoms with Gasteiger partial charge in [-0.3, -0.25) is 0 Å². The molecule has 1 aromatic rings. The van der Waals surface area contributed by atoms with Crippen LogP contribution in [0.1, 0.15) is 31.4 Å². The van der Waals surface area contributed by atoms with E-state index in [1.807, 2.05) is 13.0 Å². The van der Waals surface area contributed by atoms with Crippen LogP contribution in [0.2, 0.25) is 0 Å². The third kappa shape index (κ3) is 3.39. The molecule has 4 heterocycles. The van der Waals surface area contributed by atoms with Gasteiger partial charge < -0.3 is 4.90 Å². The van der Waals surface area contributed by atoms with Crippen LogP contribution in [0.15, 0.2) is 12.3 Å². The highest BCUT2D eigenvalue weighted by Gasteiger charge is 2.45. The summed E-state index contributed by atoms with van der Waals surface area (Å²) in [6.07, 6.45) is 6.05. The molecule has 3 fully saturated rings. The van der Waals surface area contributed by atoms with Gasteiger partial charge in [0.05, 0.1) is 0 Å². The van der Waals surface area contributed by atoms with Crippen LogP contribution in [0.25, 0.3) is 0 Å². The third-order valence-corrected chi connectivity index (χ3v) is 7.70. The number of hydrogen-bond acceptors (Lipinski definition) is 5. The summed E-state index contributed by atoms with van der Waals surface area (Å²) < 4.78 is 29.4. The van der Waals surface area contributed by atoms with E-state index in [1.165, 1.54) is 0 Å². The number of hydrogen-bond donors (Lipinski definition) is 0. The average Bonchev–Trinajstić information content (AvgIpc) is 3.03. The van der Waals surface area contributed by atoms with Crippen molar-refractivity contribution in [3.63, 3.8) is 0 Å². The van der Waals surface area contributed by atoms with Gasteiger partial charge in [-0.15, -0.1) is 0 Å². The van der Waals surface area contributed by atoms with E-state index in [1.54, 1.807) is 14.8 Å². The smallest absolute Gasteiger partial charge is 0.281 e. The van der Waals surface area contributed by atoms with E-state index in [0.29, 0.717) is 38.0 Å². The highest BCUT2D eigenvalue weighted by atomic mass is 32.2. The van der Waals surface area contributed by atoms with E-state index in [4.69, 9.17) is 0 Å². The maximum atomic E-state index is 13.0. The molecule has 7 nitrogen and oxygen atoms in total. The maximum Gasteiger partial charge on any atom is 0.281 e. The highest BCUT2D eigenvalue weighted by Crippen LogP contribution is 2.35. The summed E-state index contributed by atoms with van der Waals surface area (Å²) in [7, 11) is -3.30. The normalized spacial score (nSPS) is 28.9. The molecule has 3 aliphatic heterocycles. The van der Waals surface area contributed by atoms with E-state index in [2.05, 4.69) is 14.9 Å². The van der Waals surface area contributed by atoms with Crippen molar-refractivity contribution in [2.45, 2.75) is 32.6 Å². The van der Waals surface area contributed by atoms with Crippen LogP contribution in [0.5, 0.6) is 0 Å². The number of rotatable bonds is 3. The minimum absolute atomic E-state index is 0.380. The van der Waals surface area contributed by atoms with Crippen LogP contribution >= 0.6 is 0 Å². The minimum Gasteiger partial charge on any atom is -0.340 e. The van der Waals surface area contributed by atoms with Crippen LogP contribution in [-0.2, 0) is 10.2 Å². The first-order valence-corrected chi connectivity index (χ1v) is 10.7. The van der Waals surface area contributed by atoms with Crippen molar-refractivity contribution in [1.29, 1.82) is 0 Å². The quantitative estimate of drug-likeness (QED) is 0.807. The number of anilines is 1. The fraction of sp³-hybridized carbons (Fsp3) is 0.765. The molecule has 138 valence electrons. The molecule has 25 heavy (non-hydrogen) atoms. The first kappa shape index (κ1) is 17.2. The highest BCUT2D eigenvalue weighted by molar-refractivity contribution is 7.86. The number of aryl methyl sites for hydroxylation is 1. The fourth-order valence-electron chi connectivity index (χ4n) is 4.33. The Morgan fingerprint density at radius 2 is 1.60 bits per heavy atom. The van der Waals surface area contributed by atoms with Gasteiger partial charge in [0, 0.05) is 51.2 Å². The third-order valence-electron chi connectivity index (χ3n) is 5.74. The summed E-state index contributed by atoms with van der Waals surface area (Å²) in [4.78, 5) is 11.1. The zero-order chi connectivity index (χ0) is 17.4. The van der Waals surface area contributed by atoms with Gasteiger partial charge in [-0.25, -0.2) is 9.97 Å². The number of aromatic nitrogens is 2. The van der Waals surface area contributed by atoms with Crippen molar-refractivity contribution in [2.24, 2.45) is 11.8 Å². The molecule has 8 heteroatoms. The Kier molecular flexibility index (Phi) is 4.68. The molecule has 2 unspecified atom stereocenters. The summed E-state index contributed by atoms with van der Waals surface area (Å²) in [5, 5.41) is 0. The van der Waals surface area contributed by atoms with Crippen molar-refractivity contribution in [2.75, 3.05) is 44.2 Å². The Morgan fingerprint density at radius 3 is 2.20 bits per heavy atom. The van der Waals surface area contributed by atoms with Gasteiger partial charge in [-0.2, -0.15) is 17.0 Å². The number of fused-ring (bicyclic) bond motifs is 1. The lowest BCUT2D eigenvalue weighted by Crippen LogP contribution is -2.44. The van der Waals surface area contributed by atoms with Crippen LogP contribution in [0.3, 0.4) is 0 Å². The molecule has 0 spiro atoms. The predicted molar refractivity (Wildman–Crippen MR) is 96.5 cm³/mol. The molecule has 0 bridgehead atoms. The van der Waals surface area contributed by atoms with Crippen LogP contribution in [0, 0.1) is 18.8 Å². The lowest BCUT2D eigenvalue weighted by Gasteiger charge is -2.27. The largest absolute Gasteiger partial charge is 0.340 e. The SMILES string of the molecule is Cc1ccnc(N2CC3CN(S(=O)(=O)N4CCCCCC4)CC3C2)n1. The lowest BCUT2D eigenvalue weighted by atomic mass is 10.0. The summed E-state index contributed by atoms with van der Waals surface area (Å²) in [5.74, 6) is 1.54. The first-order valence-electron chi connectivity index (χ1n) is 9.34. The topological polar surface area (TPSA) is 69.6 Å². The van der Waals surface area contributed by atoms with Crippen molar-refractivity contribution in [1.82, 2.24) is 18.6 Å². The van der Waals surface area contributed by atoms with Crippen LogP contribution in [-0.4, -0.2) is 66.3 Å². The van der Waals surface area contributed by atoms with Gasteiger partial charge in [0.1, 0.15) is 0 Å². The van der Waals surface area contributed by atoms with E-state index in [9.17, 15) is 8.42 Å². The first-order chi connectivity index (χ1) is 12.0. The van der Waals surface area contributed by atoms with Crippen molar-refractivity contribution in [3.8, 4) is 0 Å². The van der Waals surface area contributed by atoms with Crippen molar-refractivity contribution < 1.29 is 8.42 Å². The summed E-state index contributed by atoms with van der Waals surface area (Å²) in [5.41, 5.74) is 0.965. The fourth-order valence-corrected chi connectivity index (χ4v) is 6.13. The van der Waals surface area contributed by atoms with Gasteiger partial charge in [-0.05, 0) is 37.7 Å². The van der Waals surface area contributed by atoms with Gasteiger partial charge in [0.15, 0.2) is 0 Å². The lowest BCUT2D eigenvalue weighted by molar-refractivity contribution is 0.359. The molecule has 0 aromatic carbocycles. The molecule has 2 atom stereocenters. The molecule has 0 radical (unpaired) electrons. The van der Waals surface area contributed by atoms with E-state index in [-0.39, 0.29) is 0 Å². The molecule has 3 saturated heterocycles. The predicted octanol–water partition coefficient (Wildman–Crippen LogP) is 1.27. The Morgan fingerprint density at radius 1 is 0.960 bits per heavy atom. The molecule has 4 rings (SSSR count). The van der Waals surface area contributed by atoms with Gasteiger partial charge >= 0.3 is 0 Å². The average molecular weight is 366 g/mol. The van der Waals surface area contributed by atoms with Gasteiger partial charge in [0.2, 0.25) is 5.95 Å². The van der Waals surface area contributed by atoms with Crippen molar-refractivity contribution >= 4 is 16.2 Å². The Hall–Kier alpha value is -1.25. The molecular formula is C17H27N5O2S. The van der Waals surface area contributed by atoms with Crippen LogP contribution in [0.4, 0.5) is 5.95 Å². The maximum absolute atomic E-state index is 13.0. The Balaban J connectivity index is 1.42. The molecular weight excluding hydrogens is 338 g/mol.